The number of nitrogens with two attached hydrogens (primary N) is 2. The van der Waals surface area contributed by atoms with Crippen molar-refractivity contribution in [3.63, 3.8) is 0 Å². The highest BCUT2D eigenvalue weighted by Crippen LogP contribution is 2.40. The molecule has 4 rings (SSSR count). The Balaban J connectivity index is 2.03. The van der Waals surface area contributed by atoms with E-state index in [2.05, 4.69) is 10.4 Å². The number of aromatic nitrogens is 1. The number of anilines is 1. The molecule has 0 fully saturated rings. The normalized spacial score (nSPS) is 13.3. The maximum absolute atomic E-state index is 11.8. The van der Waals surface area contributed by atoms with Gasteiger partial charge in [-0.05, 0) is 30.4 Å². The molecule has 1 aliphatic carbocycles. The number of carbonyl (C=O) groups excluding carboxylic acids is 1. The number of hydrogen-bond acceptors (Lipinski definition) is 5. The van der Waals surface area contributed by atoms with Gasteiger partial charge >= 0.3 is 5.91 Å². The summed E-state index contributed by atoms with van der Waals surface area (Å²) in [6.45, 7) is 0. The summed E-state index contributed by atoms with van der Waals surface area (Å²) in [5, 5.41) is 0.746. The molecule has 2 heterocycles. The largest absolute Gasteiger partial charge is 0.430 e. The van der Waals surface area contributed by atoms with Crippen LogP contribution in [0.2, 0.25) is 0 Å². The molecule has 1 aromatic carbocycles. The van der Waals surface area contributed by atoms with E-state index in [0.717, 1.165) is 41.5 Å². The molecule has 1 aliphatic rings. The van der Waals surface area contributed by atoms with Crippen molar-refractivity contribution in [2.45, 2.75) is 19.3 Å². The highest BCUT2D eigenvalue weighted by atomic mass is 16.4. The number of hydrogen-bond donors (Lipinski definition) is 3. The molecule has 0 aliphatic heterocycles. The average Bonchev–Trinajstić information content (AvgIpc) is 3.18. The number of furan rings is 1. The topological polar surface area (TPSA) is 107 Å². The van der Waals surface area contributed by atoms with Crippen LogP contribution >= 0.6 is 0 Å². The molecule has 0 radical (unpaired) electrons. The van der Waals surface area contributed by atoms with Crippen molar-refractivity contribution in [1.82, 2.24) is 10.4 Å². The van der Waals surface area contributed by atoms with Gasteiger partial charge in [0.05, 0.1) is 16.8 Å². The van der Waals surface area contributed by atoms with Gasteiger partial charge in [-0.3, -0.25) is 10.2 Å². The zero-order valence-corrected chi connectivity index (χ0v) is 12.4. The van der Waals surface area contributed by atoms with Gasteiger partial charge in [0.15, 0.2) is 0 Å². The molecule has 116 valence electrons. The maximum Gasteiger partial charge on any atom is 0.303 e. The summed E-state index contributed by atoms with van der Waals surface area (Å²) in [7, 11) is 0. The lowest BCUT2D eigenvalue weighted by atomic mass is 10.0. The van der Waals surface area contributed by atoms with Crippen LogP contribution in [0.4, 0.5) is 5.69 Å². The first-order valence-corrected chi connectivity index (χ1v) is 7.50. The van der Waals surface area contributed by atoms with Crippen LogP contribution in [0.1, 0.15) is 28.1 Å². The lowest BCUT2D eigenvalue weighted by Gasteiger charge is -2.08. The summed E-state index contributed by atoms with van der Waals surface area (Å²) < 4.78 is 5.61. The van der Waals surface area contributed by atoms with Gasteiger partial charge in [-0.15, -0.1) is 0 Å². The van der Waals surface area contributed by atoms with Gasteiger partial charge in [0, 0.05) is 5.56 Å². The monoisotopic (exact) mass is 308 g/mol. The molecule has 0 saturated heterocycles. The lowest BCUT2D eigenvalue weighted by Crippen LogP contribution is -2.30. The number of nitrogen functional groups attached to an aromatic ring is 2. The summed E-state index contributed by atoms with van der Waals surface area (Å²) in [4.78, 5) is 16.5. The molecule has 0 saturated carbocycles. The molecule has 0 spiro atoms. The number of hydrazine groups is 1. The van der Waals surface area contributed by atoms with Crippen LogP contribution in [0.25, 0.3) is 22.4 Å². The van der Waals surface area contributed by atoms with E-state index >= 15 is 0 Å². The zero-order chi connectivity index (χ0) is 16.0. The Bertz CT molecular complexity index is 915. The summed E-state index contributed by atoms with van der Waals surface area (Å²) in [5.41, 5.74) is 13.1. The van der Waals surface area contributed by atoms with Crippen molar-refractivity contribution in [1.29, 1.82) is 0 Å². The third kappa shape index (κ3) is 1.99. The highest BCUT2D eigenvalue weighted by molar-refractivity contribution is 6.06. The van der Waals surface area contributed by atoms with Crippen molar-refractivity contribution >= 4 is 22.7 Å². The van der Waals surface area contributed by atoms with Gasteiger partial charge in [-0.1, -0.05) is 30.3 Å². The van der Waals surface area contributed by atoms with E-state index in [-0.39, 0.29) is 5.76 Å². The first-order valence-electron chi connectivity index (χ1n) is 7.50. The number of carbonyl (C=O) groups is 1. The van der Waals surface area contributed by atoms with E-state index in [1.165, 1.54) is 5.56 Å². The molecule has 5 N–H and O–H groups in total. The minimum atomic E-state index is -0.548. The van der Waals surface area contributed by atoms with Gasteiger partial charge in [0.1, 0.15) is 0 Å². The van der Waals surface area contributed by atoms with Gasteiger partial charge < -0.3 is 10.2 Å². The van der Waals surface area contributed by atoms with E-state index in [1.54, 1.807) is 0 Å². The fraction of sp³-hybridized carbons (Fsp3) is 0.176. The van der Waals surface area contributed by atoms with Crippen LogP contribution < -0.4 is 17.0 Å². The molecule has 0 unspecified atom stereocenters. The third-order valence-corrected chi connectivity index (χ3v) is 4.33. The van der Waals surface area contributed by atoms with Crippen LogP contribution in [0.3, 0.4) is 0 Å². The Hall–Kier alpha value is -2.86. The molecular weight excluding hydrogens is 292 g/mol. The van der Waals surface area contributed by atoms with Crippen LogP contribution in [0, 0.1) is 0 Å². The first kappa shape index (κ1) is 13.8. The first-order chi connectivity index (χ1) is 11.2. The van der Waals surface area contributed by atoms with Crippen molar-refractivity contribution in [2.75, 3.05) is 5.73 Å². The lowest BCUT2D eigenvalue weighted by molar-refractivity contribution is 0.0929. The van der Waals surface area contributed by atoms with E-state index in [4.69, 9.17) is 16.0 Å². The molecule has 6 heteroatoms. The molecule has 0 atom stereocenters. The van der Waals surface area contributed by atoms with E-state index in [1.807, 2.05) is 30.3 Å². The average molecular weight is 308 g/mol. The number of nitrogens with one attached hydrogen (secondary N) is 1. The van der Waals surface area contributed by atoms with Gasteiger partial charge in [0.25, 0.3) is 0 Å². The number of benzene rings is 1. The number of nitrogens with zero attached hydrogens (tertiary/aromatic N) is 1. The maximum atomic E-state index is 11.8. The second kappa shape index (κ2) is 5.10. The Labute approximate surface area is 132 Å². The van der Waals surface area contributed by atoms with E-state index < -0.39 is 5.91 Å². The number of rotatable bonds is 2. The quantitative estimate of drug-likeness (QED) is 0.382. The number of fused-ring (bicyclic) bond motifs is 3. The Morgan fingerprint density at radius 1 is 1.17 bits per heavy atom. The van der Waals surface area contributed by atoms with Crippen LogP contribution in [0.5, 0.6) is 0 Å². The smallest absolute Gasteiger partial charge is 0.303 e. The minimum Gasteiger partial charge on any atom is -0.430 e. The van der Waals surface area contributed by atoms with Crippen LogP contribution in [-0.2, 0) is 12.8 Å². The van der Waals surface area contributed by atoms with Crippen molar-refractivity contribution in [3.8, 4) is 11.3 Å². The van der Waals surface area contributed by atoms with E-state index in [9.17, 15) is 4.79 Å². The number of aryl methyl sites for hydroxylation is 1. The molecule has 6 nitrogen and oxygen atoms in total. The fourth-order valence-electron chi connectivity index (χ4n) is 3.32. The SMILES string of the molecule is NNC(=O)c1oc2nc(-c3ccccc3)c3c(c2c1N)CCC3. The van der Waals surface area contributed by atoms with Crippen molar-refractivity contribution in [3.05, 3.63) is 47.2 Å². The number of amides is 1. The molecule has 23 heavy (non-hydrogen) atoms. The Morgan fingerprint density at radius 3 is 2.65 bits per heavy atom. The van der Waals surface area contributed by atoms with E-state index in [0.29, 0.717) is 11.4 Å². The summed E-state index contributed by atoms with van der Waals surface area (Å²) in [6, 6.07) is 9.97. The highest BCUT2D eigenvalue weighted by Gasteiger charge is 2.27. The predicted octanol–water partition coefficient (Wildman–Crippen LogP) is 2.17. The standard InChI is InChI=1S/C17H16N4O2/c18-13-12-10-7-4-8-11(10)14(9-5-2-1-3-6-9)20-17(12)23-15(13)16(22)21-19/h1-3,5-6H,4,7-8,18-19H2,(H,21,22). The second-order valence-corrected chi connectivity index (χ2v) is 5.64. The molecule has 2 aromatic heterocycles. The Kier molecular flexibility index (Phi) is 3.06. The van der Waals surface area contributed by atoms with Gasteiger partial charge in [-0.2, -0.15) is 0 Å². The van der Waals surface area contributed by atoms with Crippen LogP contribution in [-0.4, -0.2) is 10.9 Å². The third-order valence-electron chi connectivity index (χ3n) is 4.33. The summed E-state index contributed by atoms with van der Waals surface area (Å²) in [6.07, 6.45) is 2.89. The number of pyridine rings is 1. The minimum absolute atomic E-state index is 0.0225. The van der Waals surface area contributed by atoms with Gasteiger partial charge in [0.2, 0.25) is 11.5 Å². The van der Waals surface area contributed by atoms with Gasteiger partial charge in [-0.25, -0.2) is 10.8 Å². The fourth-order valence-corrected chi connectivity index (χ4v) is 3.32. The van der Waals surface area contributed by atoms with Crippen molar-refractivity contribution < 1.29 is 9.21 Å². The molecule has 0 bridgehead atoms. The zero-order valence-electron chi connectivity index (χ0n) is 12.4. The molecular formula is C17H16N4O2. The molecule has 1 amide bonds. The van der Waals surface area contributed by atoms with Crippen molar-refractivity contribution in [2.24, 2.45) is 5.84 Å². The Morgan fingerprint density at radius 2 is 1.91 bits per heavy atom. The van der Waals surface area contributed by atoms with Crippen LogP contribution in [0.15, 0.2) is 34.7 Å². The summed E-state index contributed by atoms with van der Waals surface area (Å²) in [5.74, 6) is 4.67. The molecule has 3 aromatic rings. The second-order valence-electron chi connectivity index (χ2n) is 5.64. The summed E-state index contributed by atoms with van der Waals surface area (Å²) >= 11 is 0. The predicted molar refractivity (Wildman–Crippen MR) is 87.5 cm³/mol.